The molecule has 0 aromatic rings. The van der Waals surface area contributed by atoms with Gasteiger partial charge in [-0.25, -0.2) is 4.79 Å². The highest BCUT2D eigenvalue weighted by molar-refractivity contribution is 5.68. The molecule has 0 aromatic heterocycles. The Balaban J connectivity index is 1.64. The second kappa shape index (κ2) is 6.77. The molecule has 2 rings (SSSR count). The molecule has 2 N–H and O–H groups in total. The number of amides is 1. The van der Waals surface area contributed by atoms with Gasteiger partial charge in [0.05, 0.1) is 0 Å². The van der Waals surface area contributed by atoms with Gasteiger partial charge in [0.2, 0.25) is 0 Å². The zero-order chi connectivity index (χ0) is 16.4. The number of nitrogens with one attached hydrogen (secondary N) is 2. The van der Waals surface area contributed by atoms with Gasteiger partial charge in [-0.3, -0.25) is 0 Å². The predicted molar refractivity (Wildman–Crippen MR) is 90.0 cm³/mol. The van der Waals surface area contributed by atoms with Gasteiger partial charge in [0.25, 0.3) is 0 Å². The van der Waals surface area contributed by atoms with E-state index in [1.165, 1.54) is 32.1 Å². The molecule has 2 aliphatic rings. The summed E-state index contributed by atoms with van der Waals surface area (Å²) in [6.45, 7) is 10.5. The molecular formula is C18H34N2O2. The van der Waals surface area contributed by atoms with Gasteiger partial charge in [-0.2, -0.15) is 0 Å². The van der Waals surface area contributed by atoms with Crippen LogP contribution in [0.3, 0.4) is 0 Å². The molecule has 2 aliphatic carbocycles. The van der Waals surface area contributed by atoms with Crippen molar-refractivity contribution >= 4 is 6.09 Å². The molecule has 4 heteroatoms. The first-order valence-corrected chi connectivity index (χ1v) is 8.88. The highest BCUT2D eigenvalue weighted by Gasteiger charge is 2.33. The lowest BCUT2D eigenvalue weighted by Gasteiger charge is -2.39. The first-order valence-electron chi connectivity index (χ1n) is 8.88. The van der Waals surface area contributed by atoms with Gasteiger partial charge in [0.15, 0.2) is 0 Å². The van der Waals surface area contributed by atoms with Crippen molar-refractivity contribution in [3.8, 4) is 0 Å². The van der Waals surface area contributed by atoms with Gasteiger partial charge in [-0.05, 0) is 64.7 Å². The van der Waals surface area contributed by atoms with Crippen LogP contribution in [0.5, 0.6) is 0 Å². The lowest BCUT2D eigenvalue weighted by atomic mass is 9.84. The van der Waals surface area contributed by atoms with Gasteiger partial charge in [-0.1, -0.05) is 20.3 Å². The quantitative estimate of drug-likeness (QED) is 0.775. The smallest absolute Gasteiger partial charge is 0.407 e. The molecule has 0 aliphatic heterocycles. The molecule has 22 heavy (non-hydrogen) atoms. The summed E-state index contributed by atoms with van der Waals surface area (Å²) in [5, 5.41) is 6.76. The molecule has 2 fully saturated rings. The molecule has 0 radical (unpaired) electrons. The van der Waals surface area contributed by atoms with E-state index in [0.29, 0.717) is 17.5 Å². The van der Waals surface area contributed by atoms with Crippen LogP contribution in [0.2, 0.25) is 0 Å². The molecule has 2 saturated carbocycles. The van der Waals surface area contributed by atoms with E-state index < -0.39 is 5.60 Å². The molecule has 1 unspecified atom stereocenters. The Labute approximate surface area is 135 Å². The highest BCUT2D eigenvalue weighted by atomic mass is 16.6. The monoisotopic (exact) mass is 310 g/mol. The van der Waals surface area contributed by atoms with Crippen molar-refractivity contribution in [3.05, 3.63) is 0 Å². The fraction of sp³-hybridized carbons (Fsp3) is 0.944. The van der Waals surface area contributed by atoms with Crippen LogP contribution in [0.1, 0.15) is 79.6 Å². The minimum Gasteiger partial charge on any atom is -0.444 e. The third kappa shape index (κ3) is 5.79. The minimum atomic E-state index is -0.418. The Kier molecular flexibility index (Phi) is 5.41. The molecule has 1 amide bonds. The van der Waals surface area contributed by atoms with Crippen molar-refractivity contribution < 1.29 is 9.53 Å². The van der Waals surface area contributed by atoms with E-state index >= 15 is 0 Å². The number of alkyl carbamates (subject to hydrolysis) is 1. The summed E-state index contributed by atoms with van der Waals surface area (Å²) >= 11 is 0. The standard InChI is InChI=1S/C18H34N2O2/c1-17(2,3)22-16(21)20-15-11-14(12-15)19-13-7-6-9-18(4,5)10-8-13/h13-15,19H,6-12H2,1-5H3,(H,20,21). The average molecular weight is 310 g/mol. The van der Waals surface area contributed by atoms with Crippen molar-refractivity contribution in [2.45, 2.75) is 103 Å². The number of rotatable bonds is 3. The molecule has 0 spiro atoms. The molecular weight excluding hydrogens is 276 g/mol. The molecule has 4 nitrogen and oxygen atoms in total. The number of carbonyl (C=O) groups is 1. The third-order valence-electron chi connectivity index (χ3n) is 4.91. The van der Waals surface area contributed by atoms with Crippen LogP contribution < -0.4 is 10.6 Å². The van der Waals surface area contributed by atoms with Crippen LogP contribution in [0.15, 0.2) is 0 Å². The summed E-state index contributed by atoms with van der Waals surface area (Å²) in [6.07, 6.45) is 8.34. The SMILES string of the molecule is CC1(C)CCCC(NC2CC(NC(=O)OC(C)(C)C)C2)CC1. The van der Waals surface area contributed by atoms with Crippen LogP contribution in [0.25, 0.3) is 0 Å². The van der Waals surface area contributed by atoms with E-state index in [4.69, 9.17) is 4.74 Å². The second-order valence-corrected chi connectivity index (χ2v) is 8.97. The number of carbonyl (C=O) groups excluding carboxylic acids is 1. The van der Waals surface area contributed by atoms with Gasteiger partial charge in [0, 0.05) is 18.1 Å². The largest absolute Gasteiger partial charge is 0.444 e. The maximum absolute atomic E-state index is 11.7. The summed E-state index contributed by atoms with van der Waals surface area (Å²) in [5.41, 5.74) is 0.0927. The molecule has 128 valence electrons. The molecule has 1 atom stereocenters. The minimum absolute atomic E-state index is 0.273. The van der Waals surface area contributed by atoms with Crippen molar-refractivity contribution in [2.24, 2.45) is 5.41 Å². The molecule has 0 aromatic carbocycles. The predicted octanol–water partition coefficient (Wildman–Crippen LogP) is 3.99. The first-order chi connectivity index (χ1) is 10.1. The van der Waals surface area contributed by atoms with Crippen LogP contribution in [0, 0.1) is 5.41 Å². The van der Waals surface area contributed by atoms with Crippen molar-refractivity contribution in [3.63, 3.8) is 0 Å². The van der Waals surface area contributed by atoms with Gasteiger partial charge < -0.3 is 15.4 Å². The third-order valence-corrected chi connectivity index (χ3v) is 4.91. The zero-order valence-electron chi connectivity index (χ0n) is 15.0. The first kappa shape index (κ1) is 17.6. The van der Waals surface area contributed by atoms with Gasteiger partial charge >= 0.3 is 6.09 Å². The maximum Gasteiger partial charge on any atom is 0.407 e. The fourth-order valence-electron chi connectivity index (χ4n) is 3.51. The lowest BCUT2D eigenvalue weighted by molar-refractivity contribution is 0.0462. The Morgan fingerprint density at radius 2 is 1.73 bits per heavy atom. The van der Waals surface area contributed by atoms with E-state index in [2.05, 4.69) is 24.5 Å². The highest BCUT2D eigenvalue weighted by Crippen LogP contribution is 2.34. The summed E-state index contributed by atoms with van der Waals surface area (Å²) in [5.74, 6) is 0. The topological polar surface area (TPSA) is 50.4 Å². The van der Waals surface area contributed by atoms with Crippen molar-refractivity contribution in [1.82, 2.24) is 10.6 Å². The summed E-state index contributed by atoms with van der Waals surface area (Å²) in [6, 6.07) is 1.50. The van der Waals surface area contributed by atoms with Crippen LogP contribution >= 0.6 is 0 Å². The average Bonchev–Trinajstić information content (AvgIpc) is 2.45. The summed E-state index contributed by atoms with van der Waals surface area (Å²) < 4.78 is 5.30. The van der Waals surface area contributed by atoms with Crippen LogP contribution in [0.4, 0.5) is 4.79 Å². The van der Waals surface area contributed by atoms with E-state index in [1.54, 1.807) is 0 Å². The van der Waals surface area contributed by atoms with E-state index in [1.807, 2.05) is 20.8 Å². The van der Waals surface area contributed by atoms with E-state index in [9.17, 15) is 4.79 Å². The Hall–Kier alpha value is -0.770. The summed E-state index contributed by atoms with van der Waals surface area (Å²) in [4.78, 5) is 11.7. The molecule has 0 heterocycles. The van der Waals surface area contributed by atoms with E-state index in [-0.39, 0.29) is 12.1 Å². The lowest BCUT2D eigenvalue weighted by Crippen LogP contribution is -2.55. The summed E-state index contributed by atoms with van der Waals surface area (Å²) in [7, 11) is 0. The molecule has 0 bridgehead atoms. The molecule has 0 saturated heterocycles. The Bertz CT molecular complexity index is 381. The maximum atomic E-state index is 11.7. The second-order valence-electron chi connectivity index (χ2n) is 8.97. The van der Waals surface area contributed by atoms with E-state index in [0.717, 1.165) is 12.8 Å². The fourth-order valence-corrected chi connectivity index (χ4v) is 3.51. The number of hydrogen-bond donors (Lipinski definition) is 2. The van der Waals surface area contributed by atoms with Crippen LogP contribution in [-0.2, 0) is 4.74 Å². The number of ether oxygens (including phenoxy) is 1. The van der Waals surface area contributed by atoms with Crippen molar-refractivity contribution in [1.29, 1.82) is 0 Å². The van der Waals surface area contributed by atoms with Crippen LogP contribution in [-0.4, -0.2) is 29.8 Å². The van der Waals surface area contributed by atoms with Gasteiger partial charge in [-0.15, -0.1) is 0 Å². The Morgan fingerprint density at radius 3 is 2.36 bits per heavy atom. The number of hydrogen-bond acceptors (Lipinski definition) is 3. The zero-order valence-corrected chi connectivity index (χ0v) is 15.0. The normalized spacial score (nSPS) is 31.8. The Morgan fingerprint density at radius 1 is 1.05 bits per heavy atom. The van der Waals surface area contributed by atoms with Gasteiger partial charge in [0.1, 0.15) is 5.60 Å². The van der Waals surface area contributed by atoms with Crippen molar-refractivity contribution in [2.75, 3.05) is 0 Å².